The van der Waals surface area contributed by atoms with Gasteiger partial charge < -0.3 is 4.74 Å². The van der Waals surface area contributed by atoms with E-state index in [0.29, 0.717) is 22.3 Å². The van der Waals surface area contributed by atoms with Crippen LogP contribution in [-0.2, 0) is 0 Å². The lowest BCUT2D eigenvalue weighted by atomic mass is 10.1. The van der Waals surface area contributed by atoms with Gasteiger partial charge in [-0.2, -0.15) is 0 Å². The highest BCUT2D eigenvalue weighted by atomic mass is 19.1. The molecule has 0 saturated heterocycles. The van der Waals surface area contributed by atoms with Gasteiger partial charge in [-0.25, -0.2) is 4.39 Å². The van der Waals surface area contributed by atoms with Crippen LogP contribution in [-0.4, -0.2) is 22.3 Å². The number of fused-ring (bicyclic) bond motifs is 1. The number of aromatic nitrogens is 3. The zero-order valence-corrected chi connectivity index (χ0v) is 13.5. The fourth-order valence-corrected chi connectivity index (χ4v) is 2.82. The van der Waals surface area contributed by atoms with E-state index in [0.717, 1.165) is 16.9 Å². The molecule has 0 aliphatic carbocycles. The van der Waals surface area contributed by atoms with Crippen LogP contribution >= 0.6 is 0 Å². The molecule has 0 aliphatic heterocycles. The SMILES string of the molecule is COc1ccccc1-c1ccc(-c2ccc(F)c3cccnc23)nn1. The third-order valence-corrected chi connectivity index (χ3v) is 4.04. The first-order chi connectivity index (χ1) is 12.3. The number of hydrogen-bond donors (Lipinski definition) is 0. The molecule has 0 bridgehead atoms. The second kappa shape index (κ2) is 6.28. The van der Waals surface area contributed by atoms with Crippen molar-refractivity contribution in [2.75, 3.05) is 7.11 Å². The molecule has 4 rings (SSSR count). The smallest absolute Gasteiger partial charge is 0.132 e. The molecule has 25 heavy (non-hydrogen) atoms. The van der Waals surface area contributed by atoms with Crippen molar-refractivity contribution in [1.29, 1.82) is 0 Å². The molecule has 2 heterocycles. The van der Waals surface area contributed by atoms with Crippen LogP contribution in [0.25, 0.3) is 33.4 Å². The van der Waals surface area contributed by atoms with Crippen LogP contribution < -0.4 is 4.74 Å². The van der Waals surface area contributed by atoms with Gasteiger partial charge in [0.2, 0.25) is 0 Å². The van der Waals surface area contributed by atoms with Crippen LogP contribution in [0.1, 0.15) is 0 Å². The van der Waals surface area contributed by atoms with Crippen molar-refractivity contribution in [3.8, 4) is 28.3 Å². The number of pyridine rings is 1. The minimum atomic E-state index is -0.301. The molecule has 5 heteroatoms. The van der Waals surface area contributed by atoms with E-state index >= 15 is 0 Å². The zero-order chi connectivity index (χ0) is 17.2. The van der Waals surface area contributed by atoms with Gasteiger partial charge in [-0.15, -0.1) is 10.2 Å². The highest BCUT2D eigenvalue weighted by Gasteiger charge is 2.12. The van der Waals surface area contributed by atoms with Crippen LogP contribution in [0, 0.1) is 5.82 Å². The summed E-state index contributed by atoms with van der Waals surface area (Å²) in [6.45, 7) is 0. The first-order valence-electron chi connectivity index (χ1n) is 7.78. The Labute approximate surface area is 143 Å². The van der Waals surface area contributed by atoms with E-state index in [4.69, 9.17) is 4.74 Å². The number of para-hydroxylation sites is 1. The Hall–Kier alpha value is -3.34. The highest BCUT2D eigenvalue weighted by Crippen LogP contribution is 2.30. The maximum atomic E-state index is 14.0. The van der Waals surface area contributed by atoms with Gasteiger partial charge in [-0.05, 0) is 48.5 Å². The molecule has 0 spiro atoms. The average Bonchev–Trinajstić information content (AvgIpc) is 2.69. The van der Waals surface area contributed by atoms with Crippen LogP contribution in [0.5, 0.6) is 5.75 Å². The van der Waals surface area contributed by atoms with Crippen molar-refractivity contribution < 1.29 is 9.13 Å². The van der Waals surface area contributed by atoms with E-state index in [1.54, 1.807) is 31.5 Å². The molecule has 0 unspecified atom stereocenters. The molecular formula is C20H14FN3O. The molecule has 4 nitrogen and oxygen atoms in total. The minimum absolute atomic E-state index is 0.301. The summed E-state index contributed by atoms with van der Waals surface area (Å²) in [5.74, 6) is 0.434. The van der Waals surface area contributed by atoms with Crippen molar-refractivity contribution in [2.45, 2.75) is 0 Å². The third-order valence-electron chi connectivity index (χ3n) is 4.04. The number of rotatable bonds is 3. The summed E-state index contributed by atoms with van der Waals surface area (Å²) < 4.78 is 19.3. The van der Waals surface area contributed by atoms with Crippen molar-refractivity contribution in [1.82, 2.24) is 15.2 Å². The van der Waals surface area contributed by atoms with Crippen molar-refractivity contribution in [3.05, 3.63) is 72.7 Å². The van der Waals surface area contributed by atoms with Crippen molar-refractivity contribution >= 4 is 10.9 Å². The van der Waals surface area contributed by atoms with E-state index < -0.39 is 0 Å². The molecule has 2 aromatic carbocycles. The second-order valence-corrected chi connectivity index (χ2v) is 5.50. The Morgan fingerprint density at radius 1 is 0.800 bits per heavy atom. The summed E-state index contributed by atoms with van der Waals surface area (Å²) in [7, 11) is 1.62. The van der Waals surface area contributed by atoms with Crippen LogP contribution in [0.15, 0.2) is 66.9 Å². The third kappa shape index (κ3) is 2.70. The Bertz CT molecular complexity index is 1050. The van der Waals surface area contributed by atoms with Crippen molar-refractivity contribution in [2.24, 2.45) is 0 Å². The first kappa shape index (κ1) is 15.2. The van der Waals surface area contributed by atoms with Crippen molar-refractivity contribution in [3.63, 3.8) is 0 Å². The van der Waals surface area contributed by atoms with E-state index in [-0.39, 0.29) is 5.82 Å². The molecule has 0 saturated carbocycles. The fraction of sp³-hybridized carbons (Fsp3) is 0.0500. The summed E-state index contributed by atoms with van der Waals surface area (Å²) in [6.07, 6.45) is 1.64. The number of ether oxygens (including phenoxy) is 1. The van der Waals surface area contributed by atoms with Gasteiger partial charge in [0.25, 0.3) is 0 Å². The maximum absolute atomic E-state index is 14.0. The van der Waals surface area contributed by atoms with Gasteiger partial charge in [0.1, 0.15) is 11.6 Å². The van der Waals surface area contributed by atoms with E-state index in [1.807, 2.05) is 36.4 Å². The standard InChI is InChI=1S/C20H14FN3O/c1-25-19-7-3-2-5-14(19)17-10-11-18(24-23-17)15-8-9-16(21)13-6-4-12-22-20(13)15/h2-12H,1H3. The summed E-state index contributed by atoms with van der Waals surface area (Å²) in [5.41, 5.74) is 3.53. The quantitative estimate of drug-likeness (QED) is 0.554. The van der Waals surface area contributed by atoms with Crippen LogP contribution in [0.2, 0.25) is 0 Å². The highest BCUT2D eigenvalue weighted by molar-refractivity contribution is 5.92. The Balaban J connectivity index is 1.80. The number of benzene rings is 2. The maximum Gasteiger partial charge on any atom is 0.132 e. The number of halogens is 1. The first-order valence-corrected chi connectivity index (χ1v) is 7.78. The lowest BCUT2D eigenvalue weighted by Gasteiger charge is -2.08. The average molecular weight is 331 g/mol. The lowest BCUT2D eigenvalue weighted by molar-refractivity contribution is 0.416. The Morgan fingerprint density at radius 3 is 2.32 bits per heavy atom. The van der Waals surface area contributed by atoms with Gasteiger partial charge in [0.15, 0.2) is 0 Å². The van der Waals surface area contributed by atoms with Gasteiger partial charge in [-0.1, -0.05) is 12.1 Å². The zero-order valence-electron chi connectivity index (χ0n) is 13.5. The Kier molecular flexibility index (Phi) is 3.82. The van der Waals surface area contributed by atoms with Crippen LogP contribution in [0.4, 0.5) is 4.39 Å². The summed E-state index contributed by atoms with van der Waals surface area (Å²) in [4.78, 5) is 4.30. The number of nitrogens with zero attached hydrogens (tertiary/aromatic N) is 3. The second-order valence-electron chi connectivity index (χ2n) is 5.50. The van der Waals surface area contributed by atoms with E-state index in [2.05, 4.69) is 15.2 Å². The Morgan fingerprint density at radius 2 is 1.56 bits per heavy atom. The van der Waals surface area contributed by atoms with E-state index in [9.17, 15) is 4.39 Å². The van der Waals surface area contributed by atoms with E-state index in [1.165, 1.54) is 6.07 Å². The molecule has 122 valence electrons. The molecular weight excluding hydrogens is 317 g/mol. The predicted molar refractivity (Wildman–Crippen MR) is 94.7 cm³/mol. The molecule has 0 fully saturated rings. The van der Waals surface area contributed by atoms with Gasteiger partial charge in [0, 0.05) is 22.7 Å². The normalized spacial score (nSPS) is 10.8. The lowest BCUT2D eigenvalue weighted by Crippen LogP contribution is -1.95. The molecule has 0 N–H and O–H groups in total. The minimum Gasteiger partial charge on any atom is -0.496 e. The van der Waals surface area contributed by atoms with Gasteiger partial charge in [0.05, 0.1) is 24.0 Å². The molecule has 0 amide bonds. The van der Waals surface area contributed by atoms with Gasteiger partial charge >= 0.3 is 0 Å². The van der Waals surface area contributed by atoms with Crippen LogP contribution in [0.3, 0.4) is 0 Å². The summed E-state index contributed by atoms with van der Waals surface area (Å²) >= 11 is 0. The monoisotopic (exact) mass is 331 g/mol. The molecule has 4 aromatic rings. The number of methoxy groups -OCH3 is 1. The topological polar surface area (TPSA) is 47.9 Å². The fourth-order valence-electron chi connectivity index (χ4n) is 2.82. The number of hydrogen-bond acceptors (Lipinski definition) is 4. The molecule has 0 radical (unpaired) electrons. The van der Waals surface area contributed by atoms with Gasteiger partial charge in [-0.3, -0.25) is 4.98 Å². The molecule has 0 aliphatic rings. The largest absolute Gasteiger partial charge is 0.496 e. The molecule has 2 aromatic heterocycles. The summed E-state index contributed by atoms with van der Waals surface area (Å²) in [5, 5.41) is 9.09. The predicted octanol–water partition coefficient (Wildman–Crippen LogP) is 4.51. The summed E-state index contributed by atoms with van der Waals surface area (Å²) in [6, 6.07) is 17.9. The molecule has 0 atom stereocenters.